The van der Waals surface area contributed by atoms with Gasteiger partial charge in [0.05, 0.1) is 0 Å². The van der Waals surface area contributed by atoms with Crippen LogP contribution in [0, 0.1) is 0 Å². The summed E-state index contributed by atoms with van der Waals surface area (Å²) in [5.41, 5.74) is 0. The minimum atomic E-state index is -1.45. The molecule has 0 N–H and O–H groups in total. The quantitative estimate of drug-likeness (QED) is 0.703. The van der Waals surface area contributed by atoms with E-state index in [-0.39, 0.29) is 0 Å². The van der Waals surface area contributed by atoms with E-state index in [1.54, 1.807) is 0 Å². The Morgan fingerprint density at radius 2 is 1.06 bits per heavy atom. The lowest BCUT2D eigenvalue weighted by Gasteiger charge is -2.46. The fourth-order valence-electron chi connectivity index (χ4n) is 2.98. The van der Waals surface area contributed by atoms with Crippen molar-refractivity contribution in [2.45, 2.75) is 19.3 Å². The van der Waals surface area contributed by atoms with Crippen molar-refractivity contribution in [3.8, 4) is 0 Å². The van der Waals surface area contributed by atoms with Crippen molar-refractivity contribution in [2.75, 3.05) is 55.4 Å². The summed E-state index contributed by atoms with van der Waals surface area (Å²) in [6, 6.07) is 0. The van der Waals surface area contributed by atoms with Crippen LogP contribution in [0.4, 0.5) is 0 Å². The van der Waals surface area contributed by atoms with Gasteiger partial charge in [-0.1, -0.05) is 6.42 Å². The average molecular weight is 247 g/mol. The zero-order valence-electron chi connectivity index (χ0n) is 11.8. The zero-order valence-corrected chi connectivity index (χ0v) is 12.7. The Balaban J connectivity index is 2.99. The van der Waals surface area contributed by atoms with Gasteiger partial charge in [0.2, 0.25) is 0 Å². The van der Waals surface area contributed by atoms with Crippen LogP contribution >= 0.6 is 7.87 Å². The Hall–Kier alpha value is 0.270. The standard InChI is InChI=1S/C11H28N4P/c1-12(2)16(13(3)4,14(5)6)15-10-8-7-9-11-15/h7-11H2,1-6H3/q+1. The molecule has 1 aliphatic rings. The van der Waals surface area contributed by atoms with Crippen LogP contribution < -0.4 is 0 Å². The van der Waals surface area contributed by atoms with Crippen LogP contribution in [0.5, 0.6) is 0 Å². The summed E-state index contributed by atoms with van der Waals surface area (Å²) in [5.74, 6) is 0. The summed E-state index contributed by atoms with van der Waals surface area (Å²) in [4.78, 5) is 0. The Labute approximate surface area is 102 Å². The molecule has 0 amide bonds. The molecule has 1 heterocycles. The molecular weight excluding hydrogens is 219 g/mol. The molecule has 0 aromatic carbocycles. The number of rotatable bonds is 4. The minimum absolute atomic E-state index is 1.24. The summed E-state index contributed by atoms with van der Waals surface area (Å²) in [5, 5.41) is 0. The molecule has 1 aliphatic heterocycles. The van der Waals surface area contributed by atoms with Crippen molar-refractivity contribution in [1.82, 2.24) is 18.7 Å². The van der Waals surface area contributed by atoms with Gasteiger partial charge in [-0.05, 0) is 12.8 Å². The third kappa shape index (κ3) is 2.41. The summed E-state index contributed by atoms with van der Waals surface area (Å²) in [6.07, 6.45) is 4.08. The van der Waals surface area contributed by atoms with Crippen LogP contribution in [0.1, 0.15) is 19.3 Å². The van der Waals surface area contributed by atoms with E-state index in [9.17, 15) is 0 Å². The molecule has 1 rings (SSSR count). The van der Waals surface area contributed by atoms with Gasteiger partial charge in [0.25, 0.3) is 0 Å². The number of hydrogen-bond acceptors (Lipinski definition) is 4. The topological polar surface area (TPSA) is 13.0 Å². The highest BCUT2D eigenvalue weighted by molar-refractivity contribution is 7.66. The molecular formula is C11H28N4P+. The van der Waals surface area contributed by atoms with Gasteiger partial charge >= 0.3 is 7.87 Å². The van der Waals surface area contributed by atoms with Crippen LogP contribution in [0.25, 0.3) is 0 Å². The first-order valence-corrected chi connectivity index (χ1v) is 7.72. The molecule has 0 spiro atoms. The van der Waals surface area contributed by atoms with Gasteiger partial charge in [-0.2, -0.15) is 0 Å². The fourth-order valence-corrected chi connectivity index (χ4v) is 7.46. The van der Waals surface area contributed by atoms with Gasteiger partial charge in [-0.15, -0.1) is 18.7 Å². The van der Waals surface area contributed by atoms with Crippen molar-refractivity contribution in [2.24, 2.45) is 0 Å². The third-order valence-electron chi connectivity index (χ3n) is 3.32. The summed E-state index contributed by atoms with van der Waals surface area (Å²) >= 11 is 0. The molecule has 0 atom stereocenters. The lowest BCUT2D eigenvalue weighted by Crippen LogP contribution is -2.48. The number of nitrogens with zero attached hydrogens (tertiary/aromatic N) is 4. The molecule has 0 saturated carbocycles. The van der Waals surface area contributed by atoms with Gasteiger partial charge in [-0.25, -0.2) is 0 Å². The van der Waals surface area contributed by atoms with E-state index >= 15 is 0 Å². The fraction of sp³-hybridized carbons (Fsp3) is 1.00. The van der Waals surface area contributed by atoms with Gasteiger partial charge < -0.3 is 0 Å². The van der Waals surface area contributed by atoms with Gasteiger partial charge in [0.15, 0.2) is 0 Å². The summed E-state index contributed by atoms with van der Waals surface area (Å²) < 4.78 is 9.94. The molecule has 1 fully saturated rings. The van der Waals surface area contributed by atoms with E-state index in [1.807, 2.05) is 0 Å². The van der Waals surface area contributed by atoms with E-state index in [4.69, 9.17) is 0 Å². The van der Waals surface area contributed by atoms with Crippen molar-refractivity contribution in [3.63, 3.8) is 0 Å². The van der Waals surface area contributed by atoms with Gasteiger partial charge in [0.1, 0.15) is 0 Å². The molecule has 0 bridgehead atoms. The Bertz CT molecular complexity index is 190. The predicted molar refractivity (Wildman–Crippen MR) is 73.4 cm³/mol. The van der Waals surface area contributed by atoms with E-state index in [1.165, 1.54) is 32.4 Å². The molecule has 0 unspecified atom stereocenters. The van der Waals surface area contributed by atoms with Crippen LogP contribution in [0.2, 0.25) is 0 Å². The third-order valence-corrected chi connectivity index (χ3v) is 7.70. The largest absolute Gasteiger partial charge is 0.307 e. The smallest absolute Gasteiger partial charge is 0.139 e. The van der Waals surface area contributed by atoms with Gasteiger partial charge in [0, 0.05) is 55.4 Å². The molecule has 0 radical (unpaired) electrons. The SMILES string of the molecule is CN(C)[P+](N(C)C)(N(C)C)N1CCCCC1. The molecule has 96 valence electrons. The first kappa shape index (κ1) is 14.3. The number of hydrogen-bond donors (Lipinski definition) is 0. The van der Waals surface area contributed by atoms with Gasteiger partial charge in [-0.3, -0.25) is 0 Å². The van der Waals surface area contributed by atoms with Crippen molar-refractivity contribution in [1.29, 1.82) is 0 Å². The van der Waals surface area contributed by atoms with Crippen LogP contribution in [-0.2, 0) is 0 Å². The monoisotopic (exact) mass is 247 g/mol. The average Bonchev–Trinajstić information content (AvgIpc) is 2.18. The number of piperidine rings is 1. The maximum atomic E-state index is 2.69. The molecule has 4 nitrogen and oxygen atoms in total. The van der Waals surface area contributed by atoms with Crippen LogP contribution in [0.3, 0.4) is 0 Å². The van der Waals surface area contributed by atoms with E-state index in [0.29, 0.717) is 0 Å². The Morgan fingerprint density at radius 1 is 0.688 bits per heavy atom. The van der Waals surface area contributed by atoms with Crippen LogP contribution in [0.15, 0.2) is 0 Å². The first-order chi connectivity index (χ1) is 7.44. The molecule has 1 saturated heterocycles. The van der Waals surface area contributed by atoms with Crippen molar-refractivity contribution < 1.29 is 0 Å². The highest BCUT2D eigenvalue weighted by atomic mass is 31.2. The van der Waals surface area contributed by atoms with E-state index < -0.39 is 7.87 Å². The minimum Gasteiger partial charge on any atom is -0.139 e. The van der Waals surface area contributed by atoms with Crippen molar-refractivity contribution in [3.05, 3.63) is 0 Å². The molecule has 0 aliphatic carbocycles. The van der Waals surface area contributed by atoms with Crippen LogP contribution in [-0.4, -0.2) is 74.1 Å². The second kappa shape index (κ2) is 5.74. The van der Waals surface area contributed by atoms with E-state index in [0.717, 1.165) is 0 Å². The summed E-state index contributed by atoms with van der Waals surface area (Å²) in [7, 11) is 11.8. The lowest BCUT2D eigenvalue weighted by atomic mass is 10.2. The molecule has 0 aromatic heterocycles. The molecule has 0 aromatic rings. The van der Waals surface area contributed by atoms with Crippen molar-refractivity contribution >= 4 is 7.87 Å². The second-order valence-corrected chi connectivity index (χ2v) is 9.13. The normalized spacial score (nSPS) is 20.1. The molecule has 5 heteroatoms. The lowest BCUT2D eigenvalue weighted by molar-refractivity contribution is 0.286. The van der Waals surface area contributed by atoms with E-state index in [2.05, 4.69) is 61.0 Å². The zero-order chi connectivity index (χ0) is 12.3. The Kier molecular flexibility index (Phi) is 5.14. The summed E-state index contributed by atoms with van der Waals surface area (Å²) in [6.45, 7) is 2.48. The first-order valence-electron chi connectivity index (χ1n) is 6.12. The Morgan fingerprint density at radius 3 is 1.38 bits per heavy atom. The highest BCUT2D eigenvalue weighted by Gasteiger charge is 2.54. The molecule has 16 heavy (non-hydrogen) atoms. The maximum absolute atomic E-state index is 2.69. The highest BCUT2D eigenvalue weighted by Crippen LogP contribution is 2.66. The maximum Gasteiger partial charge on any atom is 0.307 e. The predicted octanol–water partition coefficient (Wildman–Crippen LogP) is 1.83. The second-order valence-electron chi connectivity index (χ2n) is 5.09.